The molecule has 0 spiro atoms. The van der Waals surface area contributed by atoms with Crippen molar-refractivity contribution in [3.8, 4) is 6.07 Å². The minimum atomic E-state index is -4.61. The molecular weight excluding hydrogens is 577 g/mol. The van der Waals surface area contributed by atoms with E-state index in [-0.39, 0.29) is 22.9 Å². The first-order chi connectivity index (χ1) is 20.8. The number of quaternary nitrogens is 1. The van der Waals surface area contributed by atoms with Gasteiger partial charge in [-0.25, -0.2) is 19.3 Å². The van der Waals surface area contributed by atoms with Crippen LogP contribution in [-0.4, -0.2) is 73.2 Å². The smallest absolute Gasteiger partial charge is 0.416 e. The van der Waals surface area contributed by atoms with Gasteiger partial charge in [-0.15, -0.1) is 5.10 Å². The Morgan fingerprint density at radius 2 is 1.86 bits per heavy atom. The third kappa shape index (κ3) is 6.71. The molecule has 0 fully saturated rings. The number of rotatable bonds is 11. The molecule has 44 heavy (non-hydrogen) atoms. The van der Waals surface area contributed by atoms with Crippen LogP contribution < -0.4 is 10.6 Å². The zero-order valence-electron chi connectivity index (χ0n) is 25.4. The molecule has 3 aromatic rings. The average molecular weight is 614 g/mol. The van der Waals surface area contributed by atoms with Crippen LogP contribution in [0.25, 0.3) is 0 Å². The molecule has 13 heteroatoms. The number of aromatic amines is 1. The molecular formula is C31H36F3N6O4+. The number of carbonyl (C=O) groups is 1. The van der Waals surface area contributed by atoms with E-state index in [9.17, 15) is 28.0 Å². The van der Waals surface area contributed by atoms with Crippen molar-refractivity contribution in [2.75, 3.05) is 52.9 Å². The molecule has 2 heterocycles. The fraction of sp³-hybridized carbons (Fsp3) is 0.419. The van der Waals surface area contributed by atoms with Crippen molar-refractivity contribution in [3.05, 3.63) is 86.5 Å². The van der Waals surface area contributed by atoms with Gasteiger partial charge in [-0.05, 0) is 54.8 Å². The predicted octanol–water partition coefficient (Wildman–Crippen LogP) is 4.70. The maximum absolute atomic E-state index is 13.6. The second-order valence-electron chi connectivity index (χ2n) is 11.3. The van der Waals surface area contributed by atoms with Crippen LogP contribution in [0.2, 0.25) is 0 Å². The number of nitrogens with one attached hydrogen (secondary N) is 1. The zero-order valence-corrected chi connectivity index (χ0v) is 25.4. The molecule has 1 aromatic heterocycles. The van der Waals surface area contributed by atoms with Gasteiger partial charge in [0.05, 0.1) is 63.7 Å². The number of halogens is 3. The number of hydrogen-bond acceptors (Lipinski definition) is 7. The van der Waals surface area contributed by atoms with Crippen LogP contribution in [0.5, 0.6) is 0 Å². The quantitative estimate of drug-likeness (QED) is 0.190. The van der Waals surface area contributed by atoms with E-state index in [4.69, 9.17) is 9.47 Å². The van der Waals surface area contributed by atoms with Crippen LogP contribution in [0.3, 0.4) is 0 Å². The summed E-state index contributed by atoms with van der Waals surface area (Å²) in [7, 11) is 7.13. The average Bonchev–Trinajstić information content (AvgIpc) is 3.36. The number of esters is 1. The van der Waals surface area contributed by atoms with Gasteiger partial charge in [0.25, 0.3) is 0 Å². The van der Waals surface area contributed by atoms with Crippen molar-refractivity contribution in [1.29, 1.82) is 5.26 Å². The topological polar surface area (TPSA) is 113 Å². The number of aryl methyl sites for hydroxylation is 1. The summed E-state index contributed by atoms with van der Waals surface area (Å²) < 4.78 is 53.2. The molecule has 234 valence electrons. The summed E-state index contributed by atoms with van der Waals surface area (Å²) in [5.74, 6) is -0.745. The van der Waals surface area contributed by atoms with Crippen molar-refractivity contribution < 1.29 is 31.9 Å². The number of hydrogen-bond donors (Lipinski definition) is 1. The third-order valence-electron chi connectivity index (χ3n) is 7.87. The van der Waals surface area contributed by atoms with E-state index >= 15 is 0 Å². The van der Waals surface area contributed by atoms with Gasteiger partial charge < -0.3 is 14.0 Å². The molecule has 1 unspecified atom stereocenters. The molecule has 1 atom stereocenters. The minimum absolute atomic E-state index is 0.00994. The maximum Gasteiger partial charge on any atom is 0.416 e. The first-order valence-electron chi connectivity index (χ1n) is 14.1. The van der Waals surface area contributed by atoms with Gasteiger partial charge in [-0.2, -0.15) is 18.4 Å². The van der Waals surface area contributed by atoms with Crippen molar-refractivity contribution in [2.24, 2.45) is 0 Å². The summed E-state index contributed by atoms with van der Waals surface area (Å²) in [6.45, 7) is 3.98. The van der Waals surface area contributed by atoms with Crippen LogP contribution in [0, 0.1) is 11.3 Å². The summed E-state index contributed by atoms with van der Waals surface area (Å²) in [5, 5.41) is 16.2. The minimum Gasteiger partial charge on any atom is -0.466 e. The number of H-pyrrole nitrogens is 1. The lowest BCUT2D eigenvalue weighted by molar-refractivity contribution is -0.890. The van der Waals surface area contributed by atoms with E-state index in [0.29, 0.717) is 24.2 Å². The van der Waals surface area contributed by atoms with E-state index in [1.54, 1.807) is 32.2 Å². The molecule has 10 nitrogen and oxygen atoms in total. The number of carbonyl (C=O) groups excluding carboxylic acids is 1. The normalized spacial score (nSPS) is 15.2. The Labute approximate surface area is 253 Å². The Bertz CT molecular complexity index is 1650. The van der Waals surface area contributed by atoms with Crippen LogP contribution in [0.15, 0.2) is 58.5 Å². The second kappa shape index (κ2) is 13.1. The molecule has 1 N–H and O–H groups in total. The Morgan fingerprint density at radius 1 is 1.14 bits per heavy atom. The highest BCUT2D eigenvalue weighted by Gasteiger charge is 2.41. The van der Waals surface area contributed by atoms with E-state index < -0.39 is 29.4 Å². The van der Waals surface area contributed by atoms with E-state index in [1.807, 2.05) is 0 Å². The highest BCUT2D eigenvalue weighted by molar-refractivity contribution is 5.93. The van der Waals surface area contributed by atoms with E-state index in [1.165, 1.54) is 28.7 Å². The molecule has 2 aromatic carbocycles. The highest BCUT2D eigenvalue weighted by atomic mass is 19.4. The van der Waals surface area contributed by atoms with Gasteiger partial charge in [-0.1, -0.05) is 12.1 Å². The highest BCUT2D eigenvalue weighted by Crippen LogP contribution is 2.43. The summed E-state index contributed by atoms with van der Waals surface area (Å²) in [6.07, 6.45) is -2.42. The SMILES string of the molecule is COCCC[N+](C)(C)CCCc1cc(C#N)ccc1C1C(C(=O)OC)=C(C)N(c2cccc(C(F)(F)F)c2)c2n[nH]c(=O)n21. The number of ether oxygens (including phenoxy) is 2. The fourth-order valence-electron chi connectivity index (χ4n) is 5.68. The number of fused-ring (bicyclic) bond motifs is 1. The number of allylic oxidation sites excluding steroid dienone is 1. The Balaban J connectivity index is 1.84. The molecule has 0 bridgehead atoms. The van der Waals surface area contributed by atoms with Crippen molar-refractivity contribution >= 4 is 17.6 Å². The van der Waals surface area contributed by atoms with Crippen LogP contribution in [0.4, 0.5) is 24.8 Å². The molecule has 0 radical (unpaired) electrons. The van der Waals surface area contributed by atoms with Gasteiger partial charge >= 0.3 is 17.8 Å². The third-order valence-corrected chi connectivity index (χ3v) is 7.87. The first-order valence-corrected chi connectivity index (χ1v) is 14.1. The molecule has 0 aliphatic carbocycles. The lowest BCUT2D eigenvalue weighted by Gasteiger charge is -2.36. The summed E-state index contributed by atoms with van der Waals surface area (Å²) in [6, 6.07) is 10.8. The Morgan fingerprint density at radius 3 is 2.52 bits per heavy atom. The number of methoxy groups -OCH3 is 2. The van der Waals surface area contributed by atoms with Crippen LogP contribution >= 0.6 is 0 Å². The van der Waals surface area contributed by atoms with Gasteiger partial charge in [0, 0.05) is 31.3 Å². The van der Waals surface area contributed by atoms with Crippen molar-refractivity contribution in [3.63, 3.8) is 0 Å². The molecule has 1 aliphatic rings. The van der Waals surface area contributed by atoms with E-state index in [2.05, 4.69) is 30.4 Å². The Hall–Kier alpha value is -4.41. The molecule has 0 saturated carbocycles. The monoisotopic (exact) mass is 613 g/mol. The number of aromatic nitrogens is 3. The van der Waals surface area contributed by atoms with Crippen LogP contribution in [0.1, 0.15) is 48.1 Å². The van der Waals surface area contributed by atoms with Crippen molar-refractivity contribution in [1.82, 2.24) is 14.8 Å². The van der Waals surface area contributed by atoms with Gasteiger partial charge in [0.1, 0.15) is 6.04 Å². The molecule has 4 rings (SSSR count). The van der Waals surface area contributed by atoms with E-state index in [0.717, 1.165) is 48.1 Å². The van der Waals surface area contributed by atoms with Gasteiger partial charge in [0.15, 0.2) is 0 Å². The number of anilines is 2. The number of nitriles is 1. The molecule has 0 amide bonds. The van der Waals surface area contributed by atoms with Crippen LogP contribution in [-0.2, 0) is 26.9 Å². The number of alkyl halides is 3. The zero-order chi connectivity index (χ0) is 32.2. The first kappa shape index (κ1) is 32.5. The summed E-state index contributed by atoms with van der Waals surface area (Å²) >= 11 is 0. The van der Waals surface area contributed by atoms with Gasteiger partial charge in [0.2, 0.25) is 5.95 Å². The largest absolute Gasteiger partial charge is 0.466 e. The molecule has 1 aliphatic heterocycles. The fourth-order valence-corrected chi connectivity index (χ4v) is 5.68. The second-order valence-corrected chi connectivity index (χ2v) is 11.3. The lowest BCUT2D eigenvalue weighted by Crippen LogP contribution is -2.41. The Kier molecular flexibility index (Phi) is 9.66. The molecule has 0 saturated heterocycles. The number of nitrogens with zero attached hydrogens (tertiary/aromatic N) is 5. The number of benzene rings is 2. The summed E-state index contributed by atoms with van der Waals surface area (Å²) in [5.41, 5.74) is 0.564. The lowest BCUT2D eigenvalue weighted by atomic mass is 9.88. The van der Waals surface area contributed by atoms with Crippen molar-refractivity contribution in [2.45, 2.75) is 38.4 Å². The standard InChI is InChI=1S/C31H35F3N6O4/c1-20-26(28(41)44-5)27(25-13-12-21(19-35)17-22(25)9-7-14-40(2,3)15-8-16-43-4)39-29(36-37-30(39)42)38(20)24-11-6-10-23(18-24)31(32,33)34/h6,10-13,17-18,27H,7-9,14-16H2,1-5H3/p+1. The van der Waals surface area contributed by atoms with Gasteiger partial charge in [-0.3, -0.25) is 4.90 Å². The predicted molar refractivity (Wildman–Crippen MR) is 157 cm³/mol. The summed E-state index contributed by atoms with van der Waals surface area (Å²) in [4.78, 5) is 28.1. The maximum atomic E-state index is 13.6.